The molecule has 8 nitrogen and oxygen atoms in total. The highest BCUT2D eigenvalue weighted by atomic mass is 32.2. The minimum absolute atomic E-state index is 0.0373. The summed E-state index contributed by atoms with van der Waals surface area (Å²) in [5.74, 6) is -0.572. The molecule has 2 saturated heterocycles. The van der Waals surface area contributed by atoms with E-state index in [1.54, 1.807) is 12.1 Å². The highest BCUT2D eigenvalue weighted by molar-refractivity contribution is 8.02. The fourth-order valence-electron chi connectivity index (χ4n) is 3.13. The second-order valence-corrected chi connectivity index (χ2v) is 7.97. The van der Waals surface area contributed by atoms with Crippen LogP contribution in [0.2, 0.25) is 0 Å². The summed E-state index contributed by atoms with van der Waals surface area (Å²) in [6.07, 6.45) is 0.0781. The number of hydrogen-bond donors (Lipinski definition) is 0. The molecule has 2 fully saturated rings. The number of nitrogens with zero attached hydrogens (tertiary/aromatic N) is 4. The van der Waals surface area contributed by atoms with E-state index in [1.807, 2.05) is 13.8 Å². The van der Waals surface area contributed by atoms with Gasteiger partial charge in [0.05, 0.1) is 4.92 Å². The molecule has 1 amide bonds. The first-order chi connectivity index (χ1) is 11.3. The number of carbonyl (C=O) groups excluding carboxylic acids is 2. The van der Waals surface area contributed by atoms with Crippen molar-refractivity contribution < 1.29 is 19.3 Å². The van der Waals surface area contributed by atoms with Crippen LogP contribution in [0.15, 0.2) is 24.3 Å². The maximum atomic E-state index is 12.7. The standard InChI is InChI=1S/C15H14N4O4S/c1-15(2)12(18-13(21)11(17-16)14(18)24-15)10(20)7-8-3-5-9(6-4-8)19(22)23/h3-6,12,14H,7H2,1-2H3. The van der Waals surface area contributed by atoms with E-state index < -0.39 is 27.0 Å². The summed E-state index contributed by atoms with van der Waals surface area (Å²) in [7, 11) is 0. The van der Waals surface area contributed by atoms with Crippen LogP contribution in [0.4, 0.5) is 5.69 Å². The van der Waals surface area contributed by atoms with Crippen molar-refractivity contribution in [3.8, 4) is 0 Å². The number of ketones is 1. The Hall–Kier alpha value is -2.51. The molecule has 0 spiro atoms. The van der Waals surface area contributed by atoms with Crippen LogP contribution in [0.3, 0.4) is 0 Å². The molecule has 24 heavy (non-hydrogen) atoms. The Morgan fingerprint density at radius 2 is 2.04 bits per heavy atom. The third kappa shape index (κ3) is 2.42. The molecule has 0 radical (unpaired) electrons. The molecule has 9 heteroatoms. The zero-order valence-electron chi connectivity index (χ0n) is 13.0. The van der Waals surface area contributed by atoms with Crippen molar-refractivity contribution in [3.63, 3.8) is 0 Å². The molecular formula is C15H14N4O4S. The second-order valence-electron chi connectivity index (χ2n) is 6.24. The van der Waals surface area contributed by atoms with E-state index >= 15 is 0 Å². The molecular weight excluding hydrogens is 332 g/mol. The summed E-state index contributed by atoms with van der Waals surface area (Å²) in [6.45, 7) is 3.74. The Bertz CT molecular complexity index is 798. The van der Waals surface area contributed by atoms with Crippen LogP contribution in [0.5, 0.6) is 0 Å². The number of nitro benzene ring substituents is 1. The third-order valence-corrected chi connectivity index (χ3v) is 5.73. The summed E-state index contributed by atoms with van der Waals surface area (Å²) >= 11 is 1.41. The predicted molar refractivity (Wildman–Crippen MR) is 86.5 cm³/mol. The molecule has 124 valence electrons. The van der Waals surface area contributed by atoms with Crippen molar-refractivity contribution in [3.05, 3.63) is 45.5 Å². The van der Waals surface area contributed by atoms with Gasteiger partial charge in [-0.1, -0.05) is 12.1 Å². The summed E-state index contributed by atoms with van der Waals surface area (Å²) < 4.78 is -0.509. The first-order valence-corrected chi connectivity index (χ1v) is 8.12. The number of Topliss-reactive ketones (excluding diaryl/α,β-unsaturated/α-hetero) is 1. The number of nitro groups is 1. The highest BCUT2D eigenvalue weighted by Gasteiger charge is 2.66. The minimum Gasteiger partial charge on any atom is -0.361 e. The van der Waals surface area contributed by atoms with Gasteiger partial charge in [-0.25, -0.2) is 0 Å². The molecule has 0 bridgehead atoms. The van der Waals surface area contributed by atoms with E-state index in [2.05, 4.69) is 4.79 Å². The third-order valence-electron chi connectivity index (χ3n) is 4.23. The van der Waals surface area contributed by atoms with Crippen molar-refractivity contribution in [1.29, 1.82) is 0 Å². The van der Waals surface area contributed by atoms with Crippen LogP contribution >= 0.6 is 11.8 Å². The van der Waals surface area contributed by atoms with Gasteiger partial charge < -0.3 is 5.53 Å². The zero-order chi connectivity index (χ0) is 17.6. The van der Waals surface area contributed by atoms with Crippen LogP contribution in [-0.2, 0) is 16.0 Å². The molecule has 1 aromatic carbocycles. The van der Waals surface area contributed by atoms with E-state index in [0.29, 0.717) is 5.56 Å². The molecule has 0 aromatic heterocycles. The van der Waals surface area contributed by atoms with E-state index in [1.165, 1.54) is 28.8 Å². The second kappa shape index (κ2) is 5.54. The highest BCUT2D eigenvalue weighted by Crippen LogP contribution is 2.49. The predicted octanol–water partition coefficient (Wildman–Crippen LogP) is 1.44. The van der Waals surface area contributed by atoms with Crippen LogP contribution in [0.1, 0.15) is 19.4 Å². The van der Waals surface area contributed by atoms with Crippen molar-refractivity contribution in [1.82, 2.24) is 4.90 Å². The summed E-state index contributed by atoms with van der Waals surface area (Å²) in [4.78, 5) is 39.4. The molecule has 1 aromatic rings. The van der Waals surface area contributed by atoms with E-state index in [4.69, 9.17) is 5.53 Å². The van der Waals surface area contributed by atoms with Gasteiger partial charge in [-0.2, -0.15) is 4.79 Å². The number of non-ortho nitro benzene ring substituents is 1. The number of thioether (sulfide) groups is 1. The van der Waals surface area contributed by atoms with Gasteiger partial charge in [0.25, 0.3) is 5.69 Å². The van der Waals surface area contributed by atoms with Gasteiger partial charge >= 0.3 is 11.6 Å². The minimum atomic E-state index is -0.624. The average Bonchev–Trinajstić information content (AvgIpc) is 2.76. The number of fused-ring (bicyclic) bond motifs is 1. The Labute approximate surface area is 141 Å². The molecule has 3 rings (SSSR count). The van der Waals surface area contributed by atoms with Gasteiger partial charge in [0.15, 0.2) is 11.2 Å². The fourth-order valence-corrected chi connectivity index (χ4v) is 4.67. The first kappa shape index (κ1) is 16.4. The monoisotopic (exact) mass is 346 g/mol. The van der Waals surface area contributed by atoms with Crippen molar-refractivity contribution >= 4 is 34.9 Å². The molecule has 2 aliphatic rings. The van der Waals surface area contributed by atoms with Crippen LogP contribution < -0.4 is 0 Å². The topological polar surface area (TPSA) is 117 Å². The quantitative estimate of drug-likeness (QED) is 0.269. The van der Waals surface area contributed by atoms with Crippen LogP contribution in [0, 0.1) is 10.1 Å². The van der Waals surface area contributed by atoms with E-state index in [0.717, 1.165) is 0 Å². The summed E-state index contributed by atoms with van der Waals surface area (Å²) in [5, 5.41) is 10.3. The number of carbonyl (C=O) groups is 2. The SMILES string of the molecule is CC1(C)SC2C(=[N+]=[N-])C(=O)N2C1C(=O)Cc1ccc([N+](=O)[O-])cc1. The summed E-state index contributed by atoms with van der Waals surface area (Å²) in [6, 6.07) is 5.17. The van der Waals surface area contributed by atoms with Gasteiger partial charge in [0.2, 0.25) is 0 Å². The van der Waals surface area contributed by atoms with Gasteiger partial charge in [0.1, 0.15) is 6.04 Å². The molecule has 2 atom stereocenters. The van der Waals surface area contributed by atoms with Gasteiger partial charge in [-0.05, 0) is 19.4 Å². The summed E-state index contributed by atoms with van der Waals surface area (Å²) in [5.41, 5.74) is 9.57. The number of hydrogen-bond acceptors (Lipinski definition) is 5. The molecule has 0 saturated carbocycles. The smallest absolute Gasteiger partial charge is 0.361 e. The van der Waals surface area contributed by atoms with E-state index in [-0.39, 0.29) is 23.6 Å². The molecule has 0 aliphatic carbocycles. The van der Waals surface area contributed by atoms with Crippen molar-refractivity contribution in [2.75, 3.05) is 0 Å². The number of β-lactam (4-membered cyclic amide) rings is 1. The normalized spacial score (nSPS) is 24.2. The average molecular weight is 346 g/mol. The van der Waals surface area contributed by atoms with Crippen LogP contribution in [0.25, 0.3) is 5.53 Å². The zero-order valence-corrected chi connectivity index (χ0v) is 13.8. The maximum absolute atomic E-state index is 12.7. The molecule has 2 aliphatic heterocycles. The number of rotatable bonds is 4. The Balaban J connectivity index is 1.80. The van der Waals surface area contributed by atoms with Gasteiger partial charge in [-0.15, -0.1) is 11.8 Å². The number of benzene rings is 1. The fraction of sp³-hybridized carbons (Fsp3) is 0.400. The lowest BCUT2D eigenvalue weighted by Crippen LogP contribution is -2.63. The van der Waals surface area contributed by atoms with E-state index in [9.17, 15) is 19.7 Å². The van der Waals surface area contributed by atoms with Gasteiger partial charge in [-0.3, -0.25) is 24.6 Å². The first-order valence-electron chi connectivity index (χ1n) is 7.24. The molecule has 2 heterocycles. The lowest BCUT2D eigenvalue weighted by atomic mass is 9.90. The molecule has 2 unspecified atom stereocenters. The van der Waals surface area contributed by atoms with Crippen molar-refractivity contribution in [2.45, 2.75) is 36.4 Å². The lowest BCUT2D eigenvalue weighted by molar-refractivity contribution is -0.384. The van der Waals surface area contributed by atoms with Crippen LogP contribution in [-0.4, -0.2) is 48.2 Å². The Kier molecular flexibility index (Phi) is 3.77. The molecule has 0 N–H and O–H groups in total. The Morgan fingerprint density at radius 3 is 2.58 bits per heavy atom. The van der Waals surface area contributed by atoms with Gasteiger partial charge in [0, 0.05) is 23.3 Å². The Morgan fingerprint density at radius 1 is 1.42 bits per heavy atom. The number of amides is 1. The lowest BCUT2D eigenvalue weighted by Gasteiger charge is -2.34. The largest absolute Gasteiger partial charge is 0.388 e. The maximum Gasteiger partial charge on any atom is 0.388 e. The van der Waals surface area contributed by atoms with Crippen molar-refractivity contribution in [2.24, 2.45) is 0 Å².